The van der Waals surface area contributed by atoms with E-state index >= 15 is 0 Å². The van der Waals surface area contributed by atoms with E-state index in [2.05, 4.69) is 25.1 Å². The number of rotatable bonds is 10. The number of hydrogen-bond acceptors (Lipinski definition) is 11. The number of amides is 2. The second kappa shape index (κ2) is 15.1. The van der Waals surface area contributed by atoms with Gasteiger partial charge in [0.2, 0.25) is 5.91 Å². The van der Waals surface area contributed by atoms with Crippen molar-refractivity contribution in [2.45, 2.75) is 55.1 Å². The van der Waals surface area contributed by atoms with Gasteiger partial charge in [0.1, 0.15) is 6.04 Å². The fraction of sp³-hybridized carbons (Fsp3) is 0.353. The fourth-order valence-electron chi connectivity index (χ4n) is 5.98. The standard InChI is InChI=1S/C34H36F3N5O10S/c1-18(2)53(47,48)28-13-10-21(42(33(46)51-5)52-32(45)34(35,36)37)17-23(28)25-7-6-14-41(25)31(44)29(19-8-12-26(49-3)27(15-19)50-4)38-20-9-11-24-22(16-20)30(43)40-39-24/h8-13,15-18,25,29,38H,6-7,14H2,1-5H3,(H2,39,40,43)/t25-,29-/m1/s1. The predicted molar refractivity (Wildman–Crippen MR) is 184 cm³/mol. The fourth-order valence-corrected chi connectivity index (χ4v) is 7.27. The molecule has 1 fully saturated rings. The Hall–Kier alpha value is -5.72. The quantitative estimate of drug-likeness (QED) is 0.181. The van der Waals surface area contributed by atoms with E-state index in [1.165, 1.54) is 33.0 Å². The van der Waals surface area contributed by atoms with Crippen LogP contribution in [0.1, 0.15) is 49.9 Å². The maximum absolute atomic E-state index is 14.8. The van der Waals surface area contributed by atoms with Crippen LogP contribution in [0.2, 0.25) is 0 Å². The highest BCUT2D eigenvalue weighted by Gasteiger charge is 2.45. The molecule has 15 nitrogen and oxygen atoms in total. The minimum atomic E-state index is -5.49. The highest BCUT2D eigenvalue weighted by atomic mass is 32.2. The summed E-state index contributed by atoms with van der Waals surface area (Å²) in [5, 5.41) is 7.74. The van der Waals surface area contributed by atoms with Crippen LogP contribution in [-0.2, 0) is 29.0 Å². The van der Waals surface area contributed by atoms with E-state index in [9.17, 15) is 40.8 Å². The molecular weight excluding hydrogens is 727 g/mol. The summed E-state index contributed by atoms with van der Waals surface area (Å²) in [4.78, 5) is 57.1. The zero-order valence-corrected chi connectivity index (χ0v) is 29.9. The number of benzene rings is 3. The smallest absolute Gasteiger partial charge is 0.493 e. The first-order valence-corrected chi connectivity index (χ1v) is 17.6. The first-order valence-electron chi connectivity index (χ1n) is 16.1. The zero-order valence-electron chi connectivity index (χ0n) is 29.1. The Balaban J connectivity index is 1.64. The van der Waals surface area contributed by atoms with Gasteiger partial charge in [-0.2, -0.15) is 13.2 Å². The second-order valence-corrected chi connectivity index (χ2v) is 14.7. The number of hydrogen-bond donors (Lipinski definition) is 3. The molecule has 1 aromatic heterocycles. The summed E-state index contributed by atoms with van der Waals surface area (Å²) in [6, 6.07) is 10.6. The SMILES string of the molecule is COC(=O)N(OC(=O)C(F)(F)F)c1ccc(S(=O)(=O)C(C)C)c([C@H]2CCCN2C(=O)[C@H](Nc2ccc3[nH][nH]c(=O)c3c2)c2ccc(OC)c(OC)c2)c1. The Bertz CT molecular complexity index is 2200. The number of sulfone groups is 1. The normalized spacial score (nSPS) is 15.3. The molecule has 2 heterocycles. The van der Waals surface area contributed by atoms with Crippen LogP contribution in [0.5, 0.6) is 11.5 Å². The molecule has 2 amide bonds. The van der Waals surface area contributed by atoms with Crippen LogP contribution >= 0.6 is 0 Å². The Kier molecular flexibility index (Phi) is 11.0. The molecule has 284 valence electrons. The lowest BCUT2D eigenvalue weighted by atomic mass is 10.0. The van der Waals surface area contributed by atoms with Crippen molar-refractivity contribution in [3.8, 4) is 11.5 Å². The summed E-state index contributed by atoms with van der Waals surface area (Å²) >= 11 is 0. The van der Waals surface area contributed by atoms with Crippen molar-refractivity contribution in [3.05, 3.63) is 76.1 Å². The number of fused-ring (bicyclic) bond motifs is 1. The molecule has 53 heavy (non-hydrogen) atoms. The average molecular weight is 764 g/mol. The number of aromatic nitrogens is 2. The minimum Gasteiger partial charge on any atom is -0.493 e. The molecule has 0 saturated carbocycles. The molecule has 1 aliphatic rings. The van der Waals surface area contributed by atoms with E-state index < -0.39 is 62.6 Å². The number of carbonyl (C=O) groups excluding carboxylic acids is 3. The first-order chi connectivity index (χ1) is 25.0. The monoisotopic (exact) mass is 763 g/mol. The number of carbonyl (C=O) groups is 3. The molecule has 0 spiro atoms. The lowest BCUT2D eigenvalue weighted by Gasteiger charge is -2.32. The number of likely N-dealkylation sites (tertiary alicyclic amines) is 1. The van der Waals surface area contributed by atoms with E-state index in [4.69, 9.17) is 9.47 Å². The molecule has 0 bridgehead atoms. The Morgan fingerprint density at radius 2 is 1.68 bits per heavy atom. The maximum Gasteiger partial charge on any atom is 0.493 e. The van der Waals surface area contributed by atoms with Crippen LogP contribution in [-0.4, -0.2) is 80.8 Å². The number of nitrogens with zero attached hydrogens (tertiary/aromatic N) is 2. The van der Waals surface area contributed by atoms with E-state index in [0.29, 0.717) is 40.1 Å². The van der Waals surface area contributed by atoms with Crippen LogP contribution < -0.4 is 25.4 Å². The summed E-state index contributed by atoms with van der Waals surface area (Å²) in [5.41, 5.74) is 0.419. The van der Waals surface area contributed by atoms with Crippen LogP contribution in [0, 0.1) is 0 Å². The van der Waals surface area contributed by atoms with Crippen molar-refractivity contribution in [2.75, 3.05) is 38.3 Å². The van der Waals surface area contributed by atoms with Crippen LogP contribution in [0.15, 0.2) is 64.3 Å². The molecule has 19 heteroatoms. The van der Waals surface area contributed by atoms with Crippen LogP contribution in [0.25, 0.3) is 10.9 Å². The van der Waals surface area contributed by atoms with Gasteiger partial charge in [0.05, 0.1) is 54.1 Å². The Morgan fingerprint density at radius 1 is 0.962 bits per heavy atom. The number of aromatic amines is 2. The number of ether oxygens (including phenoxy) is 3. The summed E-state index contributed by atoms with van der Waals surface area (Å²) < 4.78 is 82.4. The molecule has 0 radical (unpaired) electrons. The molecule has 5 rings (SSSR count). The molecule has 0 aliphatic carbocycles. The van der Waals surface area contributed by atoms with Gasteiger partial charge in [-0.05, 0) is 86.3 Å². The van der Waals surface area contributed by atoms with Crippen molar-refractivity contribution in [1.29, 1.82) is 0 Å². The average Bonchev–Trinajstić information content (AvgIpc) is 3.78. The van der Waals surface area contributed by atoms with Crippen molar-refractivity contribution >= 4 is 50.1 Å². The van der Waals surface area contributed by atoms with Gasteiger partial charge in [-0.1, -0.05) is 6.07 Å². The van der Waals surface area contributed by atoms with Gasteiger partial charge in [-0.3, -0.25) is 19.8 Å². The van der Waals surface area contributed by atoms with Gasteiger partial charge >= 0.3 is 18.2 Å². The van der Waals surface area contributed by atoms with Crippen molar-refractivity contribution < 1.29 is 55.0 Å². The highest BCUT2D eigenvalue weighted by Crippen LogP contribution is 2.41. The van der Waals surface area contributed by atoms with Gasteiger partial charge in [0.25, 0.3) is 5.56 Å². The molecule has 2 atom stereocenters. The number of halogens is 3. The van der Waals surface area contributed by atoms with E-state index in [1.807, 2.05) is 0 Å². The van der Waals surface area contributed by atoms with Gasteiger partial charge < -0.3 is 29.3 Å². The third-order valence-corrected chi connectivity index (χ3v) is 10.9. The molecule has 3 aromatic carbocycles. The molecule has 1 saturated heterocycles. The van der Waals surface area contributed by atoms with Gasteiger partial charge in [-0.25, -0.2) is 18.0 Å². The molecular formula is C34H36F3N5O10S. The molecule has 0 unspecified atom stereocenters. The number of H-pyrrole nitrogens is 2. The third-order valence-electron chi connectivity index (χ3n) is 8.67. The van der Waals surface area contributed by atoms with Crippen LogP contribution in [0.3, 0.4) is 0 Å². The maximum atomic E-state index is 14.8. The van der Waals surface area contributed by atoms with Gasteiger partial charge in [0.15, 0.2) is 21.3 Å². The summed E-state index contributed by atoms with van der Waals surface area (Å²) in [6.07, 6.45) is -6.41. The first kappa shape index (κ1) is 38.5. The topological polar surface area (TPSA) is 189 Å². The van der Waals surface area contributed by atoms with Crippen LogP contribution in [0.4, 0.5) is 29.3 Å². The minimum absolute atomic E-state index is 0.0367. The van der Waals surface area contributed by atoms with E-state index in [0.717, 1.165) is 25.3 Å². The number of methoxy groups -OCH3 is 3. The zero-order chi connectivity index (χ0) is 38.8. The summed E-state index contributed by atoms with van der Waals surface area (Å²) in [5.74, 6) is -2.60. The molecule has 4 aromatic rings. The van der Waals surface area contributed by atoms with E-state index in [-0.39, 0.29) is 28.5 Å². The van der Waals surface area contributed by atoms with Crippen molar-refractivity contribution in [1.82, 2.24) is 15.1 Å². The largest absolute Gasteiger partial charge is 0.493 e. The predicted octanol–water partition coefficient (Wildman–Crippen LogP) is 5.17. The molecule has 3 N–H and O–H groups in total. The van der Waals surface area contributed by atoms with Gasteiger partial charge in [-0.15, -0.1) is 5.06 Å². The molecule has 1 aliphatic heterocycles. The second-order valence-electron chi connectivity index (χ2n) is 12.2. The lowest BCUT2D eigenvalue weighted by molar-refractivity contribution is -0.200. The Morgan fingerprint density at radius 3 is 2.32 bits per heavy atom. The highest BCUT2D eigenvalue weighted by molar-refractivity contribution is 7.92. The van der Waals surface area contributed by atoms with Gasteiger partial charge in [0, 0.05) is 12.2 Å². The number of anilines is 2. The van der Waals surface area contributed by atoms with Crippen molar-refractivity contribution in [2.24, 2.45) is 0 Å². The van der Waals surface area contributed by atoms with Crippen molar-refractivity contribution in [3.63, 3.8) is 0 Å². The lowest BCUT2D eigenvalue weighted by Crippen LogP contribution is -2.39. The van der Waals surface area contributed by atoms with E-state index in [1.54, 1.807) is 36.4 Å². The summed E-state index contributed by atoms with van der Waals surface area (Å²) in [6.45, 7) is 2.99. The third kappa shape index (κ3) is 7.74. The Labute approximate surface area is 300 Å². The summed E-state index contributed by atoms with van der Waals surface area (Å²) in [7, 11) is -0.400. The number of alkyl halides is 3. The number of hydroxylamine groups is 1. The number of nitrogens with one attached hydrogen (secondary N) is 3.